The number of para-hydroxylation sites is 1. The van der Waals surface area contributed by atoms with Crippen LogP contribution in [0, 0.1) is 5.82 Å². The molecule has 3 aromatic rings. The molecule has 122 valence electrons. The van der Waals surface area contributed by atoms with Gasteiger partial charge in [0, 0.05) is 46.1 Å². The first kappa shape index (κ1) is 15.2. The number of anilines is 1. The summed E-state index contributed by atoms with van der Waals surface area (Å²) in [7, 11) is 0. The standard InChI is InChI=1S/C18H15BrFN3O/c19-14-3-1-2-4-17(14)22-18(24)23-8-7-16-13(10-23)12-9-11(20)5-6-15(12)21-16/h1-6,9,21H,7-8,10H2,(H,22,24). The Hall–Kier alpha value is -2.34. The number of hydrogen-bond acceptors (Lipinski definition) is 1. The van der Waals surface area contributed by atoms with E-state index in [4.69, 9.17) is 0 Å². The number of carbonyl (C=O) groups is 1. The van der Waals surface area contributed by atoms with E-state index in [1.807, 2.05) is 24.3 Å². The summed E-state index contributed by atoms with van der Waals surface area (Å²) in [6.07, 6.45) is 0.731. The van der Waals surface area contributed by atoms with Gasteiger partial charge in [-0.1, -0.05) is 12.1 Å². The van der Waals surface area contributed by atoms with Gasteiger partial charge in [0.25, 0.3) is 0 Å². The first-order valence-electron chi connectivity index (χ1n) is 7.71. The number of rotatable bonds is 1. The Morgan fingerprint density at radius 3 is 2.92 bits per heavy atom. The maximum atomic E-state index is 13.6. The highest BCUT2D eigenvalue weighted by Gasteiger charge is 2.24. The molecule has 1 aliphatic heterocycles. The van der Waals surface area contributed by atoms with Crippen molar-refractivity contribution in [1.29, 1.82) is 0 Å². The fourth-order valence-electron chi connectivity index (χ4n) is 3.12. The van der Waals surface area contributed by atoms with Gasteiger partial charge in [-0.2, -0.15) is 0 Å². The van der Waals surface area contributed by atoms with Crippen LogP contribution in [-0.2, 0) is 13.0 Å². The third kappa shape index (κ3) is 2.67. The number of benzene rings is 2. The molecule has 0 fully saturated rings. The van der Waals surface area contributed by atoms with Crippen LogP contribution in [0.1, 0.15) is 11.3 Å². The second kappa shape index (κ2) is 5.94. The summed E-state index contributed by atoms with van der Waals surface area (Å²) < 4.78 is 14.4. The Balaban J connectivity index is 1.59. The molecule has 0 saturated heterocycles. The molecule has 24 heavy (non-hydrogen) atoms. The predicted octanol–water partition coefficient (Wildman–Crippen LogP) is 4.66. The van der Waals surface area contributed by atoms with Gasteiger partial charge in [-0.15, -0.1) is 0 Å². The lowest BCUT2D eigenvalue weighted by Crippen LogP contribution is -2.38. The average Bonchev–Trinajstić information content (AvgIpc) is 2.94. The number of H-pyrrole nitrogens is 1. The molecule has 0 aliphatic carbocycles. The molecule has 1 aromatic heterocycles. The van der Waals surface area contributed by atoms with Crippen LogP contribution in [-0.4, -0.2) is 22.5 Å². The van der Waals surface area contributed by atoms with Gasteiger partial charge in [-0.3, -0.25) is 0 Å². The molecule has 2 aromatic carbocycles. The molecular formula is C18H15BrFN3O. The van der Waals surface area contributed by atoms with Gasteiger partial charge in [0.2, 0.25) is 0 Å². The van der Waals surface area contributed by atoms with Gasteiger partial charge in [0.05, 0.1) is 5.69 Å². The van der Waals surface area contributed by atoms with E-state index in [0.29, 0.717) is 13.1 Å². The molecule has 0 saturated carbocycles. The number of urea groups is 1. The minimum atomic E-state index is -0.265. The Morgan fingerprint density at radius 2 is 2.08 bits per heavy atom. The van der Waals surface area contributed by atoms with Crippen molar-refractivity contribution in [2.75, 3.05) is 11.9 Å². The zero-order chi connectivity index (χ0) is 16.7. The number of nitrogens with one attached hydrogen (secondary N) is 2. The van der Waals surface area contributed by atoms with Crippen molar-refractivity contribution in [3.05, 3.63) is 64.0 Å². The lowest BCUT2D eigenvalue weighted by Gasteiger charge is -2.27. The normalized spacial score (nSPS) is 13.8. The molecule has 0 radical (unpaired) electrons. The minimum Gasteiger partial charge on any atom is -0.358 e. The molecule has 6 heteroatoms. The van der Waals surface area contributed by atoms with Crippen molar-refractivity contribution in [2.45, 2.75) is 13.0 Å². The molecule has 0 atom stereocenters. The van der Waals surface area contributed by atoms with E-state index in [-0.39, 0.29) is 11.8 Å². The monoisotopic (exact) mass is 387 g/mol. The van der Waals surface area contributed by atoms with Crippen LogP contribution in [0.2, 0.25) is 0 Å². The molecule has 2 heterocycles. The molecule has 0 bridgehead atoms. The molecule has 4 rings (SSSR count). The van der Waals surface area contributed by atoms with Crippen LogP contribution in [0.15, 0.2) is 46.9 Å². The van der Waals surface area contributed by atoms with Crippen LogP contribution >= 0.6 is 15.9 Å². The number of aromatic amines is 1. The third-order valence-corrected chi connectivity index (χ3v) is 5.03. The fourth-order valence-corrected chi connectivity index (χ4v) is 3.50. The summed E-state index contributed by atoms with van der Waals surface area (Å²) in [5.74, 6) is -0.265. The lowest BCUT2D eigenvalue weighted by atomic mass is 10.0. The van der Waals surface area contributed by atoms with Crippen molar-refractivity contribution in [3.63, 3.8) is 0 Å². The summed E-state index contributed by atoms with van der Waals surface area (Å²) in [5, 5.41) is 3.77. The number of nitrogens with zero attached hydrogens (tertiary/aromatic N) is 1. The number of aromatic nitrogens is 1. The minimum absolute atomic E-state index is 0.154. The maximum absolute atomic E-state index is 13.6. The topological polar surface area (TPSA) is 48.1 Å². The van der Waals surface area contributed by atoms with Crippen LogP contribution in [0.5, 0.6) is 0 Å². The van der Waals surface area contributed by atoms with Crippen LogP contribution < -0.4 is 5.32 Å². The van der Waals surface area contributed by atoms with Gasteiger partial charge in [0.15, 0.2) is 0 Å². The SMILES string of the molecule is O=C(Nc1ccccc1Br)N1CCc2[nH]c3ccc(F)cc3c2C1. The van der Waals surface area contributed by atoms with Gasteiger partial charge in [-0.05, 0) is 46.3 Å². The summed E-state index contributed by atoms with van der Waals surface area (Å²) in [4.78, 5) is 17.6. The second-order valence-electron chi connectivity index (χ2n) is 5.85. The van der Waals surface area contributed by atoms with E-state index in [9.17, 15) is 9.18 Å². The quantitative estimate of drug-likeness (QED) is 0.626. The van der Waals surface area contributed by atoms with E-state index in [1.165, 1.54) is 12.1 Å². The molecule has 0 spiro atoms. The number of halogens is 2. The first-order chi connectivity index (χ1) is 11.6. The number of hydrogen-bond donors (Lipinski definition) is 2. The van der Waals surface area contributed by atoms with Crippen molar-refractivity contribution in [2.24, 2.45) is 0 Å². The number of fused-ring (bicyclic) bond motifs is 3. The first-order valence-corrected chi connectivity index (χ1v) is 8.50. The van der Waals surface area contributed by atoms with Crippen LogP contribution in [0.25, 0.3) is 10.9 Å². The molecule has 1 aliphatic rings. The van der Waals surface area contributed by atoms with Crippen molar-refractivity contribution >= 4 is 38.6 Å². The Kier molecular flexibility index (Phi) is 3.76. The zero-order valence-corrected chi connectivity index (χ0v) is 14.4. The predicted molar refractivity (Wildman–Crippen MR) is 95.5 cm³/mol. The zero-order valence-electron chi connectivity index (χ0n) is 12.8. The van der Waals surface area contributed by atoms with Crippen molar-refractivity contribution < 1.29 is 9.18 Å². The number of carbonyl (C=O) groups excluding carboxylic acids is 1. The highest BCUT2D eigenvalue weighted by atomic mass is 79.9. The van der Waals surface area contributed by atoms with Crippen molar-refractivity contribution in [3.8, 4) is 0 Å². The summed E-state index contributed by atoms with van der Waals surface area (Å²) in [6, 6.07) is 12.1. The van der Waals surface area contributed by atoms with Crippen LogP contribution in [0.3, 0.4) is 0 Å². The van der Waals surface area contributed by atoms with Crippen LogP contribution in [0.4, 0.5) is 14.9 Å². The summed E-state index contributed by atoms with van der Waals surface area (Å²) >= 11 is 3.43. The Bertz CT molecular complexity index is 937. The molecule has 2 amide bonds. The van der Waals surface area contributed by atoms with Gasteiger partial charge < -0.3 is 15.2 Å². The fraction of sp³-hybridized carbons (Fsp3) is 0.167. The highest BCUT2D eigenvalue weighted by Crippen LogP contribution is 2.29. The molecule has 2 N–H and O–H groups in total. The average molecular weight is 388 g/mol. The van der Waals surface area contributed by atoms with Crippen molar-refractivity contribution in [1.82, 2.24) is 9.88 Å². The largest absolute Gasteiger partial charge is 0.358 e. The van der Waals surface area contributed by atoms with E-state index in [2.05, 4.69) is 26.2 Å². The summed E-state index contributed by atoms with van der Waals surface area (Å²) in [5.41, 5.74) is 3.73. The molecule has 0 unspecified atom stereocenters. The van der Waals surface area contributed by atoms with E-state index >= 15 is 0 Å². The summed E-state index contributed by atoms with van der Waals surface area (Å²) in [6.45, 7) is 1.09. The lowest BCUT2D eigenvalue weighted by molar-refractivity contribution is 0.206. The Morgan fingerprint density at radius 1 is 1.25 bits per heavy atom. The third-order valence-electron chi connectivity index (χ3n) is 4.34. The maximum Gasteiger partial charge on any atom is 0.322 e. The Labute approximate surface area is 146 Å². The van der Waals surface area contributed by atoms with E-state index < -0.39 is 0 Å². The smallest absolute Gasteiger partial charge is 0.322 e. The van der Waals surface area contributed by atoms with Gasteiger partial charge >= 0.3 is 6.03 Å². The molecule has 4 nitrogen and oxygen atoms in total. The van der Waals surface area contributed by atoms with E-state index in [0.717, 1.165) is 38.7 Å². The molecular weight excluding hydrogens is 373 g/mol. The second-order valence-corrected chi connectivity index (χ2v) is 6.71. The highest BCUT2D eigenvalue weighted by molar-refractivity contribution is 9.10. The van der Waals surface area contributed by atoms with Gasteiger partial charge in [-0.25, -0.2) is 9.18 Å². The number of amides is 2. The van der Waals surface area contributed by atoms with Gasteiger partial charge in [0.1, 0.15) is 5.82 Å². The van der Waals surface area contributed by atoms with E-state index in [1.54, 1.807) is 11.0 Å².